The van der Waals surface area contributed by atoms with Crippen molar-refractivity contribution in [2.45, 2.75) is 45.2 Å². The van der Waals surface area contributed by atoms with Crippen LogP contribution in [-0.2, 0) is 6.54 Å². The Morgan fingerprint density at radius 3 is 2.84 bits per heavy atom. The van der Waals surface area contributed by atoms with Gasteiger partial charge in [0.15, 0.2) is 0 Å². The van der Waals surface area contributed by atoms with Gasteiger partial charge in [-0.25, -0.2) is 9.67 Å². The summed E-state index contributed by atoms with van der Waals surface area (Å²) in [4.78, 5) is 10.4. The molecular weight excluding hydrogens is 336 g/mol. The number of aromatic nitrogens is 5. The Kier molecular flexibility index (Phi) is 4.48. The maximum absolute atomic E-state index is 6.03. The van der Waals surface area contributed by atoms with E-state index in [1.165, 1.54) is 0 Å². The summed E-state index contributed by atoms with van der Waals surface area (Å²) in [5, 5.41) is 9.41. The van der Waals surface area contributed by atoms with E-state index in [-0.39, 0.29) is 0 Å². The minimum atomic E-state index is 0.512. The van der Waals surface area contributed by atoms with Crippen LogP contribution in [0.3, 0.4) is 0 Å². The smallest absolute Gasteiger partial charge is 0.129 e. The molecule has 6 nitrogen and oxygen atoms in total. The van der Waals surface area contributed by atoms with E-state index >= 15 is 0 Å². The first kappa shape index (κ1) is 16.5. The first-order valence-electron chi connectivity index (χ1n) is 8.87. The summed E-state index contributed by atoms with van der Waals surface area (Å²) >= 11 is 6.03. The number of likely N-dealkylation sites (tertiary alicyclic amines) is 1. The largest absolute Gasteiger partial charge is 0.340 e. The van der Waals surface area contributed by atoms with Gasteiger partial charge in [0, 0.05) is 23.2 Å². The van der Waals surface area contributed by atoms with Crippen LogP contribution in [0.5, 0.6) is 0 Å². The molecule has 1 saturated heterocycles. The molecule has 0 atom stereocenters. The molecule has 0 bridgehead atoms. The van der Waals surface area contributed by atoms with Crippen LogP contribution < -0.4 is 0 Å². The normalized spacial score (nSPS) is 17.0. The molecule has 4 rings (SSSR count). The fraction of sp³-hybridized carbons (Fsp3) is 0.500. The SMILES string of the molecule is CC(C)N1CCC(c2cn(Cc3nc4ccc(Cl)cc4[nH]3)nn2)CC1. The number of nitrogens with one attached hydrogen (secondary N) is 1. The third kappa shape index (κ3) is 3.55. The van der Waals surface area contributed by atoms with Gasteiger partial charge in [0.2, 0.25) is 0 Å². The second kappa shape index (κ2) is 6.77. The van der Waals surface area contributed by atoms with E-state index in [9.17, 15) is 0 Å². The van der Waals surface area contributed by atoms with E-state index in [4.69, 9.17) is 11.6 Å². The lowest BCUT2D eigenvalue weighted by molar-refractivity contribution is 0.171. The van der Waals surface area contributed by atoms with Gasteiger partial charge in [-0.05, 0) is 58.0 Å². The zero-order valence-electron chi connectivity index (χ0n) is 14.6. The van der Waals surface area contributed by atoms with Crippen LogP contribution in [0.15, 0.2) is 24.4 Å². The fourth-order valence-corrected chi connectivity index (χ4v) is 3.72. The van der Waals surface area contributed by atoms with E-state index < -0.39 is 0 Å². The van der Waals surface area contributed by atoms with Gasteiger partial charge in [0.1, 0.15) is 12.4 Å². The molecule has 0 radical (unpaired) electrons. The molecular formula is C18H23ClN6. The molecule has 1 aliphatic rings. The predicted octanol–water partition coefficient (Wildman–Crippen LogP) is 3.44. The Hall–Kier alpha value is -1.92. The van der Waals surface area contributed by atoms with Gasteiger partial charge in [-0.1, -0.05) is 16.8 Å². The van der Waals surface area contributed by atoms with Crippen molar-refractivity contribution in [1.82, 2.24) is 29.9 Å². The number of piperidine rings is 1. The number of hydrogen-bond donors (Lipinski definition) is 1. The third-order valence-electron chi connectivity index (χ3n) is 5.04. The molecule has 3 aromatic rings. The highest BCUT2D eigenvalue weighted by atomic mass is 35.5. The summed E-state index contributed by atoms with van der Waals surface area (Å²) in [6.45, 7) is 7.39. The van der Waals surface area contributed by atoms with Crippen LogP contribution in [-0.4, -0.2) is 49.0 Å². The molecule has 1 aromatic carbocycles. The van der Waals surface area contributed by atoms with Crippen molar-refractivity contribution in [2.24, 2.45) is 0 Å². The van der Waals surface area contributed by atoms with Gasteiger partial charge in [-0.3, -0.25) is 0 Å². The molecule has 2 aromatic heterocycles. The Morgan fingerprint density at radius 2 is 2.08 bits per heavy atom. The molecule has 0 saturated carbocycles. The molecule has 3 heterocycles. The van der Waals surface area contributed by atoms with Gasteiger partial charge in [-0.15, -0.1) is 5.10 Å². The quantitative estimate of drug-likeness (QED) is 0.776. The molecule has 1 fully saturated rings. The van der Waals surface area contributed by atoms with E-state index in [0.717, 1.165) is 48.5 Å². The number of imidazole rings is 1. The molecule has 0 aliphatic carbocycles. The maximum Gasteiger partial charge on any atom is 0.129 e. The van der Waals surface area contributed by atoms with Gasteiger partial charge in [0.25, 0.3) is 0 Å². The van der Waals surface area contributed by atoms with Crippen LogP contribution in [0.4, 0.5) is 0 Å². The Bertz CT molecular complexity index is 859. The van der Waals surface area contributed by atoms with E-state index in [0.29, 0.717) is 23.5 Å². The predicted molar refractivity (Wildman–Crippen MR) is 98.9 cm³/mol. The summed E-state index contributed by atoms with van der Waals surface area (Å²) < 4.78 is 1.86. The molecule has 132 valence electrons. The van der Waals surface area contributed by atoms with Crippen molar-refractivity contribution in [3.63, 3.8) is 0 Å². The summed E-state index contributed by atoms with van der Waals surface area (Å²) in [7, 11) is 0. The standard InChI is InChI=1S/C18H23ClN6/c1-12(2)24-7-5-13(6-8-24)17-10-25(23-22-17)11-18-20-15-4-3-14(19)9-16(15)21-18/h3-4,9-10,12-13H,5-8,11H2,1-2H3,(H,20,21). The van der Waals surface area contributed by atoms with Crippen molar-refractivity contribution < 1.29 is 0 Å². The zero-order valence-corrected chi connectivity index (χ0v) is 15.4. The highest BCUT2D eigenvalue weighted by molar-refractivity contribution is 6.31. The first-order valence-corrected chi connectivity index (χ1v) is 9.24. The Morgan fingerprint density at radius 1 is 1.28 bits per heavy atom. The second-order valence-electron chi connectivity index (χ2n) is 7.09. The average molecular weight is 359 g/mol. The van der Waals surface area contributed by atoms with Gasteiger partial charge >= 0.3 is 0 Å². The summed E-state index contributed by atoms with van der Waals surface area (Å²) in [5.41, 5.74) is 2.97. The van der Waals surface area contributed by atoms with Crippen LogP contribution in [0.2, 0.25) is 5.02 Å². The number of hydrogen-bond acceptors (Lipinski definition) is 4. The summed E-state index contributed by atoms with van der Waals surface area (Å²) in [6, 6.07) is 6.29. The van der Waals surface area contributed by atoms with Crippen LogP contribution in [0, 0.1) is 0 Å². The molecule has 0 unspecified atom stereocenters. The number of benzene rings is 1. The minimum absolute atomic E-state index is 0.512. The van der Waals surface area contributed by atoms with E-state index in [2.05, 4.69) is 45.2 Å². The molecule has 0 spiro atoms. The maximum atomic E-state index is 6.03. The number of aromatic amines is 1. The van der Waals surface area contributed by atoms with Gasteiger partial charge < -0.3 is 9.88 Å². The van der Waals surface area contributed by atoms with Gasteiger partial charge in [-0.2, -0.15) is 0 Å². The van der Waals surface area contributed by atoms with E-state index in [1.807, 2.05) is 22.9 Å². The third-order valence-corrected chi connectivity index (χ3v) is 5.27. The van der Waals surface area contributed by atoms with Gasteiger partial charge in [0.05, 0.1) is 16.7 Å². The fourth-order valence-electron chi connectivity index (χ4n) is 3.55. The van der Waals surface area contributed by atoms with Crippen molar-refractivity contribution >= 4 is 22.6 Å². The van der Waals surface area contributed by atoms with Crippen molar-refractivity contribution in [1.29, 1.82) is 0 Å². The topological polar surface area (TPSA) is 62.6 Å². The molecule has 0 amide bonds. The lowest BCUT2D eigenvalue weighted by Gasteiger charge is -2.33. The number of rotatable bonds is 4. The Balaban J connectivity index is 1.44. The lowest BCUT2D eigenvalue weighted by atomic mass is 9.93. The molecule has 1 aliphatic heterocycles. The second-order valence-corrected chi connectivity index (χ2v) is 7.53. The minimum Gasteiger partial charge on any atom is -0.340 e. The van der Waals surface area contributed by atoms with Crippen molar-refractivity contribution in [3.05, 3.63) is 40.9 Å². The van der Waals surface area contributed by atoms with Crippen LogP contribution >= 0.6 is 11.6 Å². The van der Waals surface area contributed by atoms with Crippen LogP contribution in [0.1, 0.15) is 44.1 Å². The number of nitrogens with zero attached hydrogens (tertiary/aromatic N) is 5. The van der Waals surface area contributed by atoms with E-state index in [1.54, 1.807) is 0 Å². The Labute approximate surface area is 152 Å². The lowest BCUT2D eigenvalue weighted by Crippen LogP contribution is -2.37. The van der Waals surface area contributed by atoms with Crippen LogP contribution in [0.25, 0.3) is 11.0 Å². The average Bonchev–Trinajstić information content (AvgIpc) is 3.21. The first-order chi connectivity index (χ1) is 12.1. The number of H-pyrrole nitrogens is 1. The highest BCUT2D eigenvalue weighted by Gasteiger charge is 2.24. The molecule has 1 N–H and O–H groups in total. The number of fused-ring (bicyclic) bond motifs is 1. The van der Waals surface area contributed by atoms with Crippen molar-refractivity contribution in [2.75, 3.05) is 13.1 Å². The number of halogens is 1. The highest BCUT2D eigenvalue weighted by Crippen LogP contribution is 2.27. The van der Waals surface area contributed by atoms with Crippen molar-refractivity contribution in [3.8, 4) is 0 Å². The summed E-state index contributed by atoms with van der Waals surface area (Å²) in [6.07, 6.45) is 4.37. The summed E-state index contributed by atoms with van der Waals surface area (Å²) in [5.74, 6) is 1.38. The zero-order chi connectivity index (χ0) is 17.4. The monoisotopic (exact) mass is 358 g/mol. The molecule has 25 heavy (non-hydrogen) atoms. The molecule has 7 heteroatoms.